The van der Waals surface area contributed by atoms with Crippen molar-refractivity contribution in [3.05, 3.63) is 63.9 Å². The molecule has 2 N–H and O–H groups in total. The molecule has 0 bridgehead atoms. The molecule has 0 aliphatic carbocycles. The molecular weight excluding hydrogens is 380 g/mol. The van der Waals surface area contributed by atoms with Gasteiger partial charge in [0.1, 0.15) is 5.75 Å². The summed E-state index contributed by atoms with van der Waals surface area (Å²) in [5.41, 5.74) is 1.71. The number of aromatic hydroxyl groups is 1. The molecule has 0 aliphatic heterocycles. The van der Waals surface area contributed by atoms with Gasteiger partial charge in [-0.2, -0.15) is 0 Å². The molecule has 8 heteroatoms. The van der Waals surface area contributed by atoms with E-state index in [0.29, 0.717) is 11.4 Å². The average Bonchev–Trinajstić information content (AvgIpc) is 3.04. The van der Waals surface area contributed by atoms with Crippen LogP contribution in [-0.4, -0.2) is 25.1 Å². The standard InChI is InChI=1S/C17H15ClN2O3S2/c18-13-3-7-15(8-4-13)25(22,23)19-10-9-17-20-16(11-24-17)12-1-5-14(21)6-2-12/h1-8,11,19,21H,9-10H2. The van der Waals surface area contributed by atoms with Crippen LogP contribution in [0, 0.1) is 0 Å². The lowest BCUT2D eigenvalue weighted by atomic mass is 10.2. The molecule has 0 amide bonds. The van der Waals surface area contributed by atoms with E-state index in [9.17, 15) is 13.5 Å². The lowest BCUT2D eigenvalue weighted by Crippen LogP contribution is -2.25. The van der Waals surface area contributed by atoms with Gasteiger partial charge in [-0.1, -0.05) is 11.6 Å². The van der Waals surface area contributed by atoms with Crippen LogP contribution >= 0.6 is 22.9 Å². The van der Waals surface area contributed by atoms with Crippen LogP contribution in [-0.2, 0) is 16.4 Å². The number of halogens is 1. The number of rotatable bonds is 6. The summed E-state index contributed by atoms with van der Waals surface area (Å²) in [4.78, 5) is 4.68. The van der Waals surface area contributed by atoms with E-state index < -0.39 is 10.0 Å². The Labute approximate surface area is 155 Å². The van der Waals surface area contributed by atoms with Crippen molar-refractivity contribution in [2.75, 3.05) is 6.54 Å². The van der Waals surface area contributed by atoms with Gasteiger partial charge in [-0.25, -0.2) is 18.1 Å². The molecule has 5 nitrogen and oxygen atoms in total. The van der Waals surface area contributed by atoms with Crippen LogP contribution in [0.4, 0.5) is 0 Å². The van der Waals surface area contributed by atoms with Gasteiger partial charge in [0.15, 0.2) is 0 Å². The molecule has 0 saturated heterocycles. The van der Waals surface area contributed by atoms with Gasteiger partial charge in [-0.3, -0.25) is 0 Å². The fourth-order valence-corrected chi connectivity index (χ4v) is 4.15. The van der Waals surface area contributed by atoms with E-state index in [1.165, 1.54) is 23.5 Å². The van der Waals surface area contributed by atoms with E-state index in [2.05, 4.69) is 9.71 Å². The van der Waals surface area contributed by atoms with E-state index in [1.807, 2.05) is 5.38 Å². The third-order valence-electron chi connectivity index (χ3n) is 3.47. The number of thiazole rings is 1. The number of nitrogens with zero attached hydrogens (tertiary/aromatic N) is 1. The highest BCUT2D eigenvalue weighted by Crippen LogP contribution is 2.24. The molecule has 0 saturated carbocycles. The van der Waals surface area contributed by atoms with Gasteiger partial charge in [-0.05, 0) is 48.5 Å². The molecule has 25 heavy (non-hydrogen) atoms. The van der Waals surface area contributed by atoms with Crippen LogP contribution in [0.2, 0.25) is 5.02 Å². The van der Waals surface area contributed by atoms with Crippen LogP contribution in [0.1, 0.15) is 5.01 Å². The lowest BCUT2D eigenvalue weighted by molar-refractivity contribution is 0.475. The molecule has 2 aromatic carbocycles. The Morgan fingerprint density at radius 2 is 1.76 bits per heavy atom. The van der Waals surface area contributed by atoms with Crippen molar-refractivity contribution in [3.8, 4) is 17.0 Å². The predicted octanol–water partition coefficient (Wildman–Crippen LogP) is 3.69. The first-order chi connectivity index (χ1) is 11.9. The first-order valence-corrected chi connectivity index (χ1v) is 10.2. The molecule has 0 aliphatic rings. The minimum absolute atomic E-state index is 0.181. The van der Waals surface area contributed by atoms with Gasteiger partial charge in [0.2, 0.25) is 10.0 Å². The molecule has 1 aromatic heterocycles. The highest BCUT2D eigenvalue weighted by atomic mass is 35.5. The Balaban J connectivity index is 1.61. The molecule has 130 valence electrons. The number of aromatic nitrogens is 1. The SMILES string of the molecule is O=S(=O)(NCCc1nc(-c2ccc(O)cc2)cs1)c1ccc(Cl)cc1. The van der Waals surface area contributed by atoms with Crippen molar-refractivity contribution in [1.82, 2.24) is 9.71 Å². The van der Waals surface area contributed by atoms with Gasteiger partial charge in [0, 0.05) is 28.9 Å². The monoisotopic (exact) mass is 394 g/mol. The Hall–Kier alpha value is -1.93. The van der Waals surface area contributed by atoms with Gasteiger partial charge < -0.3 is 5.11 Å². The number of benzene rings is 2. The van der Waals surface area contributed by atoms with Gasteiger partial charge in [0.25, 0.3) is 0 Å². The largest absolute Gasteiger partial charge is 0.508 e. The van der Waals surface area contributed by atoms with Crippen LogP contribution in [0.3, 0.4) is 0 Å². The molecule has 1 heterocycles. The normalized spacial score (nSPS) is 11.6. The summed E-state index contributed by atoms with van der Waals surface area (Å²) < 4.78 is 27.0. The summed E-state index contributed by atoms with van der Waals surface area (Å²) in [5, 5.41) is 12.6. The summed E-state index contributed by atoms with van der Waals surface area (Å²) in [6.45, 7) is 0.257. The first kappa shape index (κ1) is 17.9. The molecule has 0 radical (unpaired) electrons. The third-order valence-corrected chi connectivity index (χ3v) is 6.11. The summed E-state index contributed by atoms with van der Waals surface area (Å²) in [7, 11) is -3.56. The van der Waals surface area contributed by atoms with Crippen LogP contribution < -0.4 is 4.72 Å². The number of phenolic OH excluding ortho intramolecular Hbond substituents is 1. The molecule has 0 fully saturated rings. The quantitative estimate of drug-likeness (QED) is 0.668. The minimum atomic E-state index is -3.56. The molecule has 0 atom stereocenters. The second kappa shape index (κ2) is 7.53. The summed E-state index contributed by atoms with van der Waals surface area (Å²) in [6.07, 6.45) is 0.496. The lowest BCUT2D eigenvalue weighted by Gasteiger charge is -2.05. The van der Waals surface area contributed by atoms with Crippen LogP contribution in [0.5, 0.6) is 5.75 Å². The number of hydrogen-bond donors (Lipinski definition) is 2. The van der Waals surface area contributed by atoms with Gasteiger partial charge in [-0.15, -0.1) is 11.3 Å². The van der Waals surface area contributed by atoms with Crippen molar-refractivity contribution in [1.29, 1.82) is 0 Å². The zero-order valence-corrected chi connectivity index (χ0v) is 15.4. The van der Waals surface area contributed by atoms with E-state index in [0.717, 1.165) is 16.3 Å². The van der Waals surface area contributed by atoms with Crippen LogP contribution in [0.25, 0.3) is 11.3 Å². The highest BCUT2D eigenvalue weighted by molar-refractivity contribution is 7.89. The first-order valence-electron chi connectivity index (χ1n) is 7.43. The number of hydrogen-bond acceptors (Lipinski definition) is 5. The maximum atomic E-state index is 12.2. The fourth-order valence-electron chi connectivity index (χ4n) is 2.18. The Morgan fingerprint density at radius 3 is 2.44 bits per heavy atom. The topological polar surface area (TPSA) is 79.3 Å². The van der Waals surface area contributed by atoms with Gasteiger partial charge >= 0.3 is 0 Å². The smallest absolute Gasteiger partial charge is 0.240 e. The zero-order chi connectivity index (χ0) is 17.9. The molecule has 0 spiro atoms. The van der Waals surface area contributed by atoms with Crippen molar-refractivity contribution >= 4 is 33.0 Å². The molecular formula is C17H15ClN2O3S2. The van der Waals surface area contributed by atoms with Crippen molar-refractivity contribution in [3.63, 3.8) is 0 Å². The zero-order valence-electron chi connectivity index (χ0n) is 13.0. The van der Waals surface area contributed by atoms with Crippen LogP contribution in [0.15, 0.2) is 58.8 Å². The average molecular weight is 395 g/mol. The molecule has 0 unspecified atom stereocenters. The van der Waals surface area contributed by atoms with E-state index in [-0.39, 0.29) is 17.2 Å². The Kier molecular flexibility index (Phi) is 5.39. The second-order valence-electron chi connectivity index (χ2n) is 5.28. The fraction of sp³-hybridized carbons (Fsp3) is 0.118. The van der Waals surface area contributed by atoms with Crippen molar-refractivity contribution in [2.24, 2.45) is 0 Å². The highest BCUT2D eigenvalue weighted by Gasteiger charge is 2.13. The maximum absolute atomic E-state index is 12.2. The number of phenols is 1. The Bertz CT molecular complexity index is 952. The molecule has 3 aromatic rings. The second-order valence-corrected chi connectivity index (χ2v) is 8.42. The Morgan fingerprint density at radius 1 is 1.08 bits per heavy atom. The summed E-state index contributed by atoms with van der Waals surface area (Å²) in [5.74, 6) is 0.204. The van der Waals surface area contributed by atoms with Gasteiger partial charge in [0.05, 0.1) is 15.6 Å². The van der Waals surface area contributed by atoms with E-state index in [1.54, 1.807) is 36.4 Å². The number of sulfonamides is 1. The number of nitrogens with one attached hydrogen (secondary N) is 1. The summed E-state index contributed by atoms with van der Waals surface area (Å²) in [6, 6.07) is 12.8. The van der Waals surface area contributed by atoms with Crippen molar-refractivity contribution in [2.45, 2.75) is 11.3 Å². The third kappa shape index (κ3) is 4.58. The minimum Gasteiger partial charge on any atom is -0.508 e. The summed E-state index contributed by atoms with van der Waals surface area (Å²) >= 11 is 7.24. The van der Waals surface area contributed by atoms with E-state index >= 15 is 0 Å². The molecule has 3 rings (SSSR count). The predicted molar refractivity (Wildman–Crippen MR) is 99.6 cm³/mol. The van der Waals surface area contributed by atoms with Crippen molar-refractivity contribution < 1.29 is 13.5 Å². The van der Waals surface area contributed by atoms with E-state index in [4.69, 9.17) is 11.6 Å². The maximum Gasteiger partial charge on any atom is 0.240 e.